The van der Waals surface area contributed by atoms with Crippen molar-refractivity contribution < 1.29 is 4.74 Å². The van der Waals surface area contributed by atoms with Crippen LogP contribution < -0.4 is 0 Å². The van der Waals surface area contributed by atoms with Gasteiger partial charge in [0, 0.05) is 19.2 Å². The molecule has 0 aromatic rings. The molecule has 2 aliphatic rings. The minimum atomic E-state index is 0.239. The quantitative estimate of drug-likeness (QED) is 0.743. The van der Waals surface area contributed by atoms with Crippen LogP contribution in [0.2, 0.25) is 0 Å². The molecule has 0 spiro atoms. The summed E-state index contributed by atoms with van der Waals surface area (Å²) in [5.74, 6) is 1.07. The van der Waals surface area contributed by atoms with E-state index in [-0.39, 0.29) is 5.92 Å². The van der Waals surface area contributed by atoms with E-state index in [1.54, 1.807) is 0 Å². The van der Waals surface area contributed by atoms with Crippen LogP contribution in [0.25, 0.3) is 0 Å². The lowest BCUT2D eigenvalue weighted by atomic mass is 9.76. The lowest BCUT2D eigenvalue weighted by molar-refractivity contribution is -0.0270. The molecule has 0 radical (unpaired) electrons. The van der Waals surface area contributed by atoms with Gasteiger partial charge in [-0.25, -0.2) is 0 Å². The third-order valence-electron chi connectivity index (χ3n) is 5.22. The molecule has 2 fully saturated rings. The number of likely N-dealkylation sites (tertiary alicyclic amines) is 1. The molecule has 4 atom stereocenters. The molecule has 0 aromatic heterocycles. The first kappa shape index (κ1) is 16.8. The van der Waals surface area contributed by atoms with Gasteiger partial charge in [-0.2, -0.15) is 5.26 Å². The van der Waals surface area contributed by atoms with E-state index in [0.717, 1.165) is 38.5 Å². The maximum absolute atomic E-state index is 9.51. The molecule has 1 saturated heterocycles. The van der Waals surface area contributed by atoms with Crippen molar-refractivity contribution >= 4 is 0 Å². The fourth-order valence-corrected chi connectivity index (χ4v) is 4.14. The minimum Gasteiger partial charge on any atom is -0.377 e. The summed E-state index contributed by atoms with van der Waals surface area (Å²) in [4.78, 5) is 2.58. The Morgan fingerprint density at radius 3 is 2.76 bits per heavy atom. The van der Waals surface area contributed by atoms with Crippen molar-refractivity contribution in [2.24, 2.45) is 11.8 Å². The molecule has 0 aromatic carbocycles. The van der Waals surface area contributed by atoms with Crippen LogP contribution in [0.1, 0.15) is 65.2 Å². The Morgan fingerprint density at radius 2 is 2.05 bits per heavy atom. The summed E-state index contributed by atoms with van der Waals surface area (Å²) in [7, 11) is 0. The monoisotopic (exact) mass is 292 g/mol. The third kappa shape index (κ3) is 4.69. The molecular formula is C18H32N2O. The summed E-state index contributed by atoms with van der Waals surface area (Å²) in [5.41, 5.74) is 0. The predicted octanol–water partition coefficient (Wildman–Crippen LogP) is 3.99. The van der Waals surface area contributed by atoms with E-state index in [1.807, 2.05) is 0 Å². The van der Waals surface area contributed by atoms with Crippen LogP contribution in [-0.4, -0.2) is 36.7 Å². The van der Waals surface area contributed by atoms with E-state index in [1.165, 1.54) is 38.5 Å². The maximum atomic E-state index is 9.51. The number of hydrogen-bond donors (Lipinski definition) is 0. The second-order valence-electron chi connectivity index (χ2n) is 6.90. The summed E-state index contributed by atoms with van der Waals surface area (Å²) in [6, 6.07) is 3.07. The minimum absolute atomic E-state index is 0.239. The Hall–Kier alpha value is -0.590. The summed E-state index contributed by atoms with van der Waals surface area (Å²) in [6.07, 6.45) is 10.1. The Labute approximate surface area is 130 Å². The Morgan fingerprint density at radius 1 is 1.19 bits per heavy atom. The van der Waals surface area contributed by atoms with Crippen LogP contribution in [0.3, 0.4) is 0 Å². The van der Waals surface area contributed by atoms with Gasteiger partial charge in [-0.3, -0.25) is 4.90 Å². The van der Waals surface area contributed by atoms with Crippen LogP contribution in [0, 0.1) is 23.2 Å². The molecule has 0 bridgehead atoms. The highest BCUT2D eigenvalue weighted by molar-refractivity contribution is 4.98. The SMILES string of the molecule is CCCOC1CCCN(C2CC(CCC)CCC2C#N)C1. The van der Waals surface area contributed by atoms with Crippen LogP contribution in [-0.2, 0) is 4.74 Å². The zero-order chi connectivity index (χ0) is 15.1. The largest absolute Gasteiger partial charge is 0.377 e. The average Bonchev–Trinajstić information content (AvgIpc) is 2.53. The van der Waals surface area contributed by atoms with Gasteiger partial charge in [-0.15, -0.1) is 0 Å². The highest BCUT2D eigenvalue weighted by Gasteiger charge is 2.36. The van der Waals surface area contributed by atoms with Gasteiger partial charge in [0.2, 0.25) is 0 Å². The van der Waals surface area contributed by atoms with Gasteiger partial charge < -0.3 is 4.74 Å². The summed E-state index contributed by atoms with van der Waals surface area (Å²) < 4.78 is 5.97. The fraction of sp³-hybridized carbons (Fsp3) is 0.944. The molecule has 1 heterocycles. The Bertz CT molecular complexity index is 339. The number of ether oxygens (including phenoxy) is 1. The first-order valence-corrected chi connectivity index (χ1v) is 9.03. The van der Waals surface area contributed by atoms with Crippen LogP contribution in [0.4, 0.5) is 0 Å². The highest BCUT2D eigenvalue weighted by Crippen LogP contribution is 2.35. The molecule has 1 aliphatic heterocycles. The highest BCUT2D eigenvalue weighted by atomic mass is 16.5. The summed E-state index contributed by atoms with van der Waals surface area (Å²) >= 11 is 0. The molecule has 1 aliphatic carbocycles. The first-order valence-electron chi connectivity index (χ1n) is 9.03. The molecule has 0 N–H and O–H groups in total. The molecule has 1 saturated carbocycles. The van der Waals surface area contributed by atoms with Crippen molar-refractivity contribution in [2.75, 3.05) is 19.7 Å². The zero-order valence-corrected chi connectivity index (χ0v) is 13.9. The maximum Gasteiger partial charge on any atom is 0.0702 e. The zero-order valence-electron chi connectivity index (χ0n) is 13.9. The number of piperidine rings is 1. The standard InChI is InChI=1S/C18H32N2O/c1-3-6-15-8-9-16(13-19)18(12-15)20-10-5-7-17(14-20)21-11-4-2/h15-18H,3-12,14H2,1-2H3. The smallest absolute Gasteiger partial charge is 0.0702 e. The van der Waals surface area contributed by atoms with Gasteiger partial charge in [-0.05, 0) is 51.0 Å². The van der Waals surface area contributed by atoms with Crippen molar-refractivity contribution in [1.82, 2.24) is 4.90 Å². The van der Waals surface area contributed by atoms with E-state index in [4.69, 9.17) is 4.74 Å². The predicted molar refractivity (Wildman–Crippen MR) is 86.0 cm³/mol. The number of rotatable bonds is 6. The summed E-state index contributed by atoms with van der Waals surface area (Å²) in [6.45, 7) is 7.53. The van der Waals surface area contributed by atoms with Crippen molar-refractivity contribution in [3.63, 3.8) is 0 Å². The van der Waals surface area contributed by atoms with Crippen molar-refractivity contribution in [3.8, 4) is 6.07 Å². The van der Waals surface area contributed by atoms with Gasteiger partial charge in [0.05, 0.1) is 18.1 Å². The van der Waals surface area contributed by atoms with E-state index >= 15 is 0 Å². The average molecular weight is 292 g/mol. The number of hydrogen-bond acceptors (Lipinski definition) is 3. The second-order valence-corrected chi connectivity index (χ2v) is 6.90. The van der Waals surface area contributed by atoms with Crippen molar-refractivity contribution in [1.29, 1.82) is 5.26 Å². The molecule has 0 amide bonds. The lowest BCUT2D eigenvalue weighted by Gasteiger charge is -2.43. The molecule has 21 heavy (non-hydrogen) atoms. The Balaban J connectivity index is 1.94. The molecular weight excluding hydrogens is 260 g/mol. The number of nitriles is 1. The van der Waals surface area contributed by atoms with E-state index < -0.39 is 0 Å². The van der Waals surface area contributed by atoms with Gasteiger partial charge in [0.1, 0.15) is 0 Å². The second kappa shape index (κ2) is 8.76. The molecule has 3 nitrogen and oxygen atoms in total. The summed E-state index contributed by atoms with van der Waals surface area (Å²) in [5, 5.41) is 9.51. The number of nitrogens with zero attached hydrogens (tertiary/aromatic N) is 2. The van der Waals surface area contributed by atoms with Gasteiger partial charge in [0.15, 0.2) is 0 Å². The van der Waals surface area contributed by atoms with E-state index in [9.17, 15) is 5.26 Å². The van der Waals surface area contributed by atoms with Crippen molar-refractivity contribution in [2.45, 2.75) is 77.4 Å². The third-order valence-corrected chi connectivity index (χ3v) is 5.22. The lowest BCUT2D eigenvalue weighted by Crippen LogP contribution is -2.50. The van der Waals surface area contributed by atoms with E-state index in [2.05, 4.69) is 24.8 Å². The first-order chi connectivity index (χ1) is 10.3. The molecule has 120 valence electrons. The normalized spacial score (nSPS) is 34.5. The van der Waals surface area contributed by atoms with Crippen LogP contribution in [0.15, 0.2) is 0 Å². The van der Waals surface area contributed by atoms with Crippen LogP contribution >= 0.6 is 0 Å². The Kier molecular flexibility index (Phi) is 6.99. The van der Waals surface area contributed by atoms with Gasteiger partial charge >= 0.3 is 0 Å². The topological polar surface area (TPSA) is 36.3 Å². The van der Waals surface area contributed by atoms with Crippen molar-refractivity contribution in [3.05, 3.63) is 0 Å². The van der Waals surface area contributed by atoms with Gasteiger partial charge in [-0.1, -0.05) is 26.7 Å². The molecule has 4 unspecified atom stereocenters. The van der Waals surface area contributed by atoms with E-state index in [0.29, 0.717) is 12.1 Å². The fourth-order valence-electron chi connectivity index (χ4n) is 4.14. The molecule has 2 rings (SSSR count). The van der Waals surface area contributed by atoms with Gasteiger partial charge in [0.25, 0.3) is 0 Å². The van der Waals surface area contributed by atoms with Crippen LogP contribution in [0.5, 0.6) is 0 Å². The molecule has 3 heteroatoms.